The molecule has 0 radical (unpaired) electrons. The number of aromatic hydroxyl groups is 1. The zero-order valence-corrected chi connectivity index (χ0v) is 11.5. The molecular formula is C12H19N3O4. The van der Waals surface area contributed by atoms with E-state index in [1.165, 1.54) is 6.92 Å². The molecule has 0 aliphatic heterocycles. The maximum atomic E-state index is 11.8. The maximum absolute atomic E-state index is 11.8. The van der Waals surface area contributed by atoms with Gasteiger partial charge in [-0.2, -0.15) is 0 Å². The lowest BCUT2D eigenvalue weighted by molar-refractivity contribution is 0.0692. The Morgan fingerprint density at radius 2 is 1.89 bits per heavy atom. The van der Waals surface area contributed by atoms with Gasteiger partial charge in [-0.25, -0.2) is 4.79 Å². The van der Waals surface area contributed by atoms with E-state index in [1.54, 1.807) is 7.05 Å². The summed E-state index contributed by atoms with van der Waals surface area (Å²) in [5, 5.41) is 18.7. The molecule has 0 bridgehead atoms. The van der Waals surface area contributed by atoms with Crippen molar-refractivity contribution in [3.05, 3.63) is 27.0 Å². The number of carbonyl (C=O) groups is 1. The minimum absolute atomic E-state index is 0.133. The topological polar surface area (TPSA) is 96.9 Å². The Balaban J connectivity index is 3.23. The number of carboxylic acids is 1. The van der Waals surface area contributed by atoms with E-state index in [2.05, 4.69) is 4.98 Å². The van der Waals surface area contributed by atoms with Crippen molar-refractivity contribution < 1.29 is 15.0 Å². The van der Waals surface area contributed by atoms with Crippen molar-refractivity contribution in [3.8, 4) is 5.88 Å². The summed E-state index contributed by atoms with van der Waals surface area (Å²) in [6.45, 7) is 2.23. The second-order valence-electron chi connectivity index (χ2n) is 4.82. The zero-order valence-electron chi connectivity index (χ0n) is 11.5. The fraction of sp³-hybridized carbons (Fsp3) is 0.500. The van der Waals surface area contributed by atoms with Crippen LogP contribution < -0.4 is 5.56 Å². The molecule has 106 valence electrons. The van der Waals surface area contributed by atoms with Gasteiger partial charge in [-0.1, -0.05) is 0 Å². The fourth-order valence-corrected chi connectivity index (χ4v) is 1.98. The molecule has 7 heteroatoms. The normalized spacial score (nSPS) is 11.3. The molecule has 0 saturated carbocycles. The molecule has 7 nitrogen and oxygen atoms in total. The summed E-state index contributed by atoms with van der Waals surface area (Å²) in [6, 6.07) is 0. The second kappa shape index (κ2) is 5.85. The van der Waals surface area contributed by atoms with Crippen LogP contribution in [0.2, 0.25) is 0 Å². The Labute approximate surface area is 111 Å². The number of hydrogen-bond donors (Lipinski definition) is 3. The molecule has 0 atom stereocenters. The summed E-state index contributed by atoms with van der Waals surface area (Å²) < 4.78 is 0. The number of pyridine rings is 1. The maximum Gasteiger partial charge on any atom is 0.336 e. The van der Waals surface area contributed by atoms with Crippen LogP contribution in [0.4, 0.5) is 0 Å². The van der Waals surface area contributed by atoms with Crippen LogP contribution >= 0.6 is 0 Å². The van der Waals surface area contributed by atoms with Gasteiger partial charge in [0, 0.05) is 17.7 Å². The molecule has 0 saturated heterocycles. The van der Waals surface area contributed by atoms with Crippen molar-refractivity contribution >= 4 is 5.97 Å². The van der Waals surface area contributed by atoms with E-state index in [0.717, 1.165) is 0 Å². The van der Waals surface area contributed by atoms with Gasteiger partial charge in [-0.3, -0.25) is 19.6 Å². The molecule has 1 rings (SSSR count). The van der Waals surface area contributed by atoms with E-state index in [0.29, 0.717) is 6.67 Å². The van der Waals surface area contributed by atoms with E-state index >= 15 is 0 Å². The standard InChI is InChI=1S/C12H19N3O4/c1-7-9(12(18)19)8(11(17)13-10(7)16)5-15(4)6-14(2)3/h5-6H2,1-4H3,(H,18,19)(H2,13,16,17). The van der Waals surface area contributed by atoms with Gasteiger partial charge < -0.3 is 10.2 Å². The number of nitrogens with one attached hydrogen (secondary N) is 1. The Kier molecular flexibility index (Phi) is 4.68. The van der Waals surface area contributed by atoms with E-state index in [9.17, 15) is 19.8 Å². The number of aromatic amines is 1. The van der Waals surface area contributed by atoms with Crippen LogP contribution in [-0.4, -0.2) is 58.8 Å². The molecule has 19 heavy (non-hydrogen) atoms. The highest BCUT2D eigenvalue weighted by Gasteiger charge is 2.21. The Morgan fingerprint density at radius 3 is 2.37 bits per heavy atom. The average molecular weight is 269 g/mol. The molecule has 3 N–H and O–H groups in total. The van der Waals surface area contributed by atoms with E-state index in [1.807, 2.05) is 23.9 Å². The van der Waals surface area contributed by atoms with Crippen LogP contribution in [0.3, 0.4) is 0 Å². The van der Waals surface area contributed by atoms with Crippen LogP contribution in [0, 0.1) is 6.92 Å². The number of H-pyrrole nitrogens is 1. The van der Waals surface area contributed by atoms with Crippen LogP contribution in [0.1, 0.15) is 21.5 Å². The Bertz CT molecular complexity index is 537. The summed E-state index contributed by atoms with van der Waals surface area (Å²) in [7, 11) is 5.54. The van der Waals surface area contributed by atoms with Crippen molar-refractivity contribution in [1.82, 2.24) is 14.8 Å². The lowest BCUT2D eigenvalue weighted by Gasteiger charge is -2.21. The summed E-state index contributed by atoms with van der Waals surface area (Å²) in [4.78, 5) is 29.1. The lowest BCUT2D eigenvalue weighted by atomic mass is 10.0. The highest BCUT2D eigenvalue weighted by molar-refractivity contribution is 5.91. The number of aromatic carboxylic acids is 1. The molecule has 0 aliphatic carbocycles. The third-order valence-corrected chi connectivity index (χ3v) is 2.70. The molecule has 1 aromatic rings. The number of hydrogen-bond acceptors (Lipinski definition) is 5. The largest absolute Gasteiger partial charge is 0.494 e. The highest BCUT2D eigenvalue weighted by atomic mass is 16.4. The number of aromatic nitrogens is 1. The summed E-state index contributed by atoms with van der Waals surface area (Å²) in [6.07, 6.45) is 0. The minimum atomic E-state index is -1.22. The lowest BCUT2D eigenvalue weighted by Crippen LogP contribution is -2.33. The zero-order chi connectivity index (χ0) is 14.7. The van der Waals surface area contributed by atoms with Gasteiger partial charge in [0.1, 0.15) is 0 Å². The van der Waals surface area contributed by atoms with Crippen molar-refractivity contribution in [2.24, 2.45) is 0 Å². The number of nitrogens with zero attached hydrogens (tertiary/aromatic N) is 2. The van der Waals surface area contributed by atoms with Crippen molar-refractivity contribution in [2.45, 2.75) is 13.5 Å². The molecule has 1 heterocycles. The molecule has 0 amide bonds. The van der Waals surface area contributed by atoms with Gasteiger partial charge in [0.2, 0.25) is 0 Å². The molecule has 0 fully saturated rings. The summed E-state index contributed by atoms with van der Waals surface area (Å²) >= 11 is 0. The SMILES string of the molecule is Cc1c(O)[nH]c(=O)c(CN(C)CN(C)C)c1C(=O)O. The Morgan fingerprint density at radius 1 is 1.32 bits per heavy atom. The van der Waals surface area contributed by atoms with Gasteiger partial charge in [0.15, 0.2) is 5.88 Å². The molecule has 0 spiro atoms. The smallest absolute Gasteiger partial charge is 0.336 e. The first-order chi connectivity index (χ1) is 8.73. The molecule has 0 aliphatic rings. The van der Waals surface area contributed by atoms with E-state index < -0.39 is 17.4 Å². The van der Waals surface area contributed by atoms with Crippen molar-refractivity contribution in [3.63, 3.8) is 0 Å². The van der Waals surface area contributed by atoms with Crippen LogP contribution in [-0.2, 0) is 6.54 Å². The second-order valence-corrected chi connectivity index (χ2v) is 4.82. The number of rotatable bonds is 5. The molecule has 1 aromatic heterocycles. The van der Waals surface area contributed by atoms with Crippen molar-refractivity contribution in [1.29, 1.82) is 0 Å². The first-order valence-corrected chi connectivity index (χ1v) is 5.75. The first-order valence-electron chi connectivity index (χ1n) is 5.75. The van der Waals surface area contributed by atoms with Gasteiger partial charge >= 0.3 is 5.97 Å². The third kappa shape index (κ3) is 3.55. The van der Waals surface area contributed by atoms with Gasteiger partial charge in [0.05, 0.1) is 12.2 Å². The highest BCUT2D eigenvalue weighted by Crippen LogP contribution is 2.19. The van der Waals surface area contributed by atoms with Crippen LogP contribution in [0.25, 0.3) is 0 Å². The minimum Gasteiger partial charge on any atom is -0.494 e. The van der Waals surface area contributed by atoms with Gasteiger partial charge in [-0.15, -0.1) is 0 Å². The van der Waals surface area contributed by atoms with Gasteiger partial charge in [-0.05, 0) is 28.1 Å². The molecular weight excluding hydrogens is 250 g/mol. The monoisotopic (exact) mass is 269 g/mol. The predicted octanol–water partition coefficient (Wildman–Crippen LogP) is 0.0380. The van der Waals surface area contributed by atoms with E-state index in [4.69, 9.17) is 0 Å². The molecule has 0 unspecified atom stereocenters. The van der Waals surface area contributed by atoms with Gasteiger partial charge in [0.25, 0.3) is 5.56 Å². The average Bonchev–Trinajstić information content (AvgIpc) is 2.24. The summed E-state index contributed by atoms with van der Waals surface area (Å²) in [5.41, 5.74) is -0.398. The predicted molar refractivity (Wildman–Crippen MR) is 70.4 cm³/mol. The van der Waals surface area contributed by atoms with Crippen molar-refractivity contribution in [2.75, 3.05) is 27.8 Å². The third-order valence-electron chi connectivity index (χ3n) is 2.70. The summed E-state index contributed by atoms with van der Waals surface area (Å²) in [5.74, 6) is -1.62. The fourth-order valence-electron chi connectivity index (χ4n) is 1.98. The first kappa shape index (κ1) is 15.2. The van der Waals surface area contributed by atoms with E-state index in [-0.39, 0.29) is 23.2 Å². The Hall–Kier alpha value is -1.86. The number of carboxylic acid groups (broad SMARTS) is 1. The van der Waals surface area contributed by atoms with Crippen LogP contribution in [0.15, 0.2) is 4.79 Å². The molecule has 0 aromatic carbocycles. The quantitative estimate of drug-likeness (QED) is 0.653. The van der Waals surface area contributed by atoms with Crippen LogP contribution in [0.5, 0.6) is 5.88 Å².